The molecule has 1 heterocycles. The van der Waals surface area contributed by atoms with Gasteiger partial charge in [-0.1, -0.05) is 33.6 Å². The van der Waals surface area contributed by atoms with E-state index in [1.807, 2.05) is 12.1 Å². The molecule has 0 saturated carbocycles. The van der Waals surface area contributed by atoms with Gasteiger partial charge in [0.25, 0.3) is 0 Å². The molecule has 106 valence electrons. The Morgan fingerprint density at radius 3 is 2.74 bits per heavy atom. The van der Waals surface area contributed by atoms with E-state index in [4.69, 9.17) is 16.3 Å². The minimum absolute atomic E-state index is 0.741. The smallest absolute Gasteiger partial charge is 0.0495 e. The fourth-order valence-electron chi connectivity index (χ4n) is 2.49. The molecule has 1 saturated heterocycles. The normalized spacial score (nSPS) is 17.8. The second-order valence-corrected chi connectivity index (χ2v) is 6.41. The molecule has 0 unspecified atom stereocenters. The molecule has 1 aromatic carbocycles. The molecule has 0 spiro atoms. The van der Waals surface area contributed by atoms with Crippen LogP contribution in [0.4, 0.5) is 0 Å². The molecule has 0 atom stereocenters. The van der Waals surface area contributed by atoms with E-state index in [9.17, 15) is 0 Å². The summed E-state index contributed by atoms with van der Waals surface area (Å²) in [5, 5.41) is 0.783. The first-order valence-corrected chi connectivity index (χ1v) is 8.10. The molecule has 0 bridgehead atoms. The second-order valence-electron chi connectivity index (χ2n) is 5.11. The van der Waals surface area contributed by atoms with Crippen molar-refractivity contribution in [2.24, 2.45) is 5.92 Å². The van der Waals surface area contributed by atoms with E-state index in [2.05, 4.69) is 33.8 Å². The fourth-order valence-corrected chi connectivity index (χ4v) is 3.29. The van der Waals surface area contributed by atoms with Crippen LogP contribution in [0.1, 0.15) is 25.3 Å². The van der Waals surface area contributed by atoms with Crippen LogP contribution in [0.3, 0.4) is 0 Å². The Balaban J connectivity index is 1.82. The van der Waals surface area contributed by atoms with Crippen LogP contribution >= 0.6 is 27.5 Å². The summed E-state index contributed by atoms with van der Waals surface area (Å²) in [4.78, 5) is 2.51. The zero-order valence-corrected chi connectivity index (χ0v) is 13.7. The molecule has 19 heavy (non-hydrogen) atoms. The number of piperidine rings is 1. The van der Waals surface area contributed by atoms with Crippen LogP contribution < -0.4 is 0 Å². The highest BCUT2D eigenvalue weighted by atomic mass is 79.9. The first-order valence-electron chi connectivity index (χ1n) is 6.93. The van der Waals surface area contributed by atoms with Gasteiger partial charge in [-0.15, -0.1) is 0 Å². The van der Waals surface area contributed by atoms with Gasteiger partial charge in [0.1, 0.15) is 0 Å². The monoisotopic (exact) mass is 345 g/mol. The van der Waals surface area contributed by atoms with Crippen LogP contribution in [0.2, 0.25) is 5.02 Å². The minimum Gasteiger partial charge on any atom is -0.381 e. The molecule has 1 aliphatic rings. The number of hydrogen-bond acceptors (Lipinski definition) is 2. The third-order valence-electron chi connectivity index (χ3n) is 3.67. The van der Waals surface area contributed by atoms with Crippen LogP contribution in [-0.2, 0) is 11.3 Å². The maximum atomic E-state index is 5.97. The number of rotatable bonds is 5. The summed E-state index contributed by atoms with van der Waals surface area (Å²) < 4.78 is 6.63. The number of halogens is 2. The average Bonchev–Trinajstić information content (AvgIpc) is 2.41. The number of ether oxygens (including phenoxy) is 1. The van der Waals surface area contributed by atoms with Crippen LogP contribution in [0.15, 0.2) is 22.7 Å². The lowest BCUT2D eigenvalue weighted by atomic mass is 9.97. The Morgan fingerprint density at radius 2 is 2.11 bits per heavy atom. The molecular weight excluding hydrogens is 326 g/mol. The van der Waals surface area contributed by atoms with Crippen molar-refractivity contribution < 1.29 is 4.74 Å². The Bertz CT molecular complexity index is 405. The van der Waals surface area contributed by atoms with Crippen molar-refractivity contribution in [1.82, 2.24) is 4.90 Å². The lowest BCUT2D eigenvalue weighted by Gasteiger charge is -2.32. The van der Waals surface area contributed by atoms with Gasteiger partial charge in [-0.25, -0.2) is 0 Å². The molecule has 1 aliphatic heterocycles. The largest absolute Gasteiger partial charge is 0.381 e. The summed E-state index contributed by atoms with van der Waals surface area (Å²) >= 11 is 9.56. The molecule has 4 heteroatoms. The van der Waals surface area contributed by atoms with Gasteiger partial charge in [0.2, 0.25) is 0 Å². The van der Waals surface area contributed by atoms with Crippen molar-refractivity contribution in [3.8, 4) is 0 Å². The van der Waals surface area contributed by atoms with Crippen LogP contribution in [0.25, 0.3) is 0 Å². The van der Waals surface area contributed by atoms with Gasteiger partial charge in [0.05, 0.1) is 0 Å². The summed E-state index contributed by atoms with van der Waals surface area (Å²) in [6.07, 6.45) is 2.48. The van der Waals surface area contributed by atoms with Gasteiger partial charge in [-0.2, -0.15) is 0 Å². The van der Waals surface area contributed by atoms with E-state index in [1.54, 1.807) is 0 Å². The van der Waals surface area contributed by atoms with Crippen molar-refractivity contribution in [3.63, 3.8) is 0 Å². The van der Waals surface area contributed by atoms with E-state index in [0.29, 0.717) is 0 Å². The Kier molecular flexibility index (Phi) is 6.14. The number of hydrogen-bond donors (Lipinski definition) is 0. The highest BCUT2D eigenvalue weighted by Gasteiger charge is 2.19. The summed E-state index contributed by atoms with van der Waals surface area (Å²) in [5.41, 5.74) is 1.31. The molecule has 0 amide bonds. The van der Waals surface area contributed by atoms with Crippen LogP contribution in [0.5, 0.6) is 0 Å². The average molecular weight is 347 g/mol. The minimum atomic E-state index is 0.741. The van der Waals surface area contributed by atoms with Crippen molar-refractivity contribution in [2.75, 3.05) is 26.3 Å². The molecule has 0 aliphatic carbocycles. The number of likely N-dealkylation sites (tertiary alicyclic amines) is 1. The molecule has 0 aromatic heterocycles. The summed E-state index contributed by atoms with van der Waals surface area (Å²) in [5.74, 6) is 0.741. The van der Waals surface area contributed by atoms with Gasteiger partial charge in [-0.05, 0) is 56.5 Å². The zero-order valence-electron chi connectivity index (χ0n) is 11.4. The third-order valence-corrected chi connectivity index (χ3v) is 4.65. The van der Waals surface area contributed by atoms with Gasteiger partial charge >= 0.3 is 0 Å². The lowest BCUT2D eigenvalue weighted by Crippen LogP contribution is -2.34. The lowest BCUT2D eigenvalue weighted by molar-refractivity contribution is 0.0723. The third kappa shape index (κ3) is 4.75. The van der Waals surface area contributed by atoms with E-state index in [0.717, 1.165) is 48.3 Å². The first kappa shape index (κ1) is 15.3. The maximum absolute atomic E-state index is 5.97. The van der Waals surface area contributed by atoms with Gasteiger partial charge < -0.3 is 4.74 Å². The van der Waals surface area contributed by atoms with E-state index in [-0.39, 0.29) is 0 Å². The van der Waals surface area contributed by atoms with Gasteiger partial charge in [-0.3, -0.25) is 4.90 Å². The predicted molar refractivity (Wildman–Crippen MR) is 83.6 cm³/mol. The predicted octanol–water partition coefficient (Wildman–Crippen LogP) is 4.35. The number of nitrogens with zero attached hydrogens (tertiary/aromatic N) is 1. The van der Waals surface area contributed by atoms with Gasteiger partial charge in [0.15, 0.2) is 0 Å². The number of benzene rings is 1. The first-order chi connectivity index (χ1) is 9.19. The maximum Gasteiger partial charge on any atom is 0.0495 e. The Hall–Kier alpha value is -0.0900. The van der Waals surface area contributed by atoms with Crippen molar-refractivity contribution in [3.05, 3.63) is 33.3 Å². The van der Waals surface area contributed by atoms with E-state index in [1.165, 1.54) is 18.4 Å². The van der Waals surface area contributed by atoms with Gasteiger partial charge in [0, 0.05) is 29.3 Å². The molecule has 2 nitrogen and oxygen atoms in total. The molecule has 1 fully saturated rings. The van der Waals surface area contributed by atoms with E-state index >= 15 is 0 Å². The zero-order chi connectivity index (χ0) is 13.7. The molecule has 0 radical (unpaired) electrons. The summed E-state index contributed by atoms with van der Waals surface area (Å²) in [7, 11) is 0. The molecule has 0 N–H and O–H groups in total. The SMILES string of the molecule is CCOCC1CCN(Cc2ccc(Cl)cc2Br)CC1. The topological polar surface area (TPSA) is 12.5 Å². The summed E-state index contributed by atoms with van der Waals surface area (Å²) in [6.45, 7) is 7.14. The Labute approximate surface area is 129 Å². The molecular formula is C15H21BrClNO. The highest BCUT2D eigenvalue weighted by molar-refractivity contribution is 9.10. The fraction of sp³-hybridized carbons (Fsp3) is 0.600. The molecule has 1 aromatic rings. The standard InChI is InChI=1S/C15H21BrClNO/c1-2-19-11-12-5-7-18(8-6-12)10-13-3-4-14(17)9-15(13)16/h3-4,9,12H,2,5-8,10-11H2,1H3. The molecule has 2 rings (SSSR count). The van der Waals surface area contributed by atoms with Crippen LogP contribution in [-0.4, -0.2) is 31.2 Å². The quantitative estimate of drug-likeness (QED) is 0.786. The highest BCUT2D eigenvalue weighted by Crippen LogP contribution is 2.25. The van der Waals surface area contributed by atoms with Crippen molar-refractivity contribution >= 4 is 27.5 Å². The van der Waals surface area contributed by atoms with Crippen LogP contribution in [0, 0.1) is 5.92 Å². The van der Waals surface area contributed by atoms with Crippen molar-refractivity contribution in [2.45, 2.75) is 26.3 Å². The van der Waals surface area contributed by atoms with E-state index < -0.39 is 0 Å². The van der Waals surface area contributed by atoms with Crippen molar-refractivity contribution in [1.29, 1.82) is 0 Å². The summed E-state index contributed by atoms with van der Waals surface area (Å²) in [6, 6.07) is 6.04. The second kappa shape index (κ2) is 7.63. The Morgan fingerprint density at radius 1 is 1.37 bits per heavy atom.